The molecule has 0 bridgehead atoms. The van der Waals surface area contributed by atoms with Crippen LogP contribution in [0.3, 0.4) is 0 Å². The molecule has 0 saturated heterocycles. The van der Waals surface area contributed by atoms with E-state index in [1.165, 1.54) is 0 Å². The Bertz CT molecular complexity index is 12.9. The van der Waals surface area contributed by atoms with Crippen molar-refractivity contribution in [2.75, 3.05) is 6.61 Å². The van der Waals surface area contributed by atoms with E-state index < -0.39 is 0 Å². The third kappa shape index (κ3) is 3300. The first-order valence-electron chi connectivity index (χ1n) is 3.89. The molecule has 2 nitrogen and oxygen atoms in total. The zero-order valence-electron chi connectivity index (χ0n) is 9.89. The van der Waals surface area contributed by atoms with Crippen molar-refractivity contribution >= 4 is 0 Å². The molecule has 0 rings (SSSR count). The molecule has 3 heteroatoms. The Morgan fingerprint density at radius 1 is 0.769 bits per heavy atom. The fourth-order valence-electron chi connectivity index (χ4n) is 0. The minimum absolute atomic E-state index is 0. The van der Waals surface area contributed by atoms with Crippen molar-refractivity contribution in [1.82, 2.24) is 0 Å². The number of hydrogen-bond donors (Lipinski definition) is 0. The predicted octanol–water partition coefficient (Wildman–Crippen LogP) is 2.97. The van der Waals surface area contributed by atoms with E-state index in [2.05, 4.69) is 27.7 Å². The van der Waals surface area contributed by atoms with Crippen LogP contribution in [0.15, 0.2) is 0 Å². The largest absolute Gasteiger partial charge is 5.00 e. The van der Waals surface area contributed by atoms with Crippen molar-refractivity contribution in [3.63, 3.8) is 0 Å². The van der Waals surface area contributed by atoms with Gasteiger partial charge in [0.2, 0.25) is 0 Å². The van der Waals surface area contributed by atoms with Crippen LogP contribution in [0.5, 0.6) is 0 Å². The standard InChI is InChI=1S/C2H6O.4C2H5.O.Ta/c1-2-3;4*1-2;;/h3H,2H2,1H3;4*1H2,2H3;;/q;4*-1;-2;+5/p+1. The second kappa shape index (κ2) is 624. The molecule has 0 heterocycles. The zero-order valence-corrected chi connectivity index (χ0v) is 13.1. The van der Waals surface area contributed by atoms with Gasteiger partial charge in [0, 0.05) is 6.92 Å². The molecular formula is C10H27O2Ta. The smallest absolute Gasteiger partial charge is 2.00 e. The topological polar surface area (TPSA) is 51.4 Å². The van der Waals surface area contributed by atoms with Crippen LogP contribution in [0.25, 0.3) is 0 Å². The van der Waals surface area contributed by atoms with E-state index in [0.717, 1.165) is 0 Å². The van der Waals surface area contributed by atoms with Crippen molar-refractivity contribution in [2.45, 2.75) is 34.6 Å². The Morgan fingerprint density at radius 2 is 0.769 bits per heavy atom. The summed E-state index contributed by atoms with van der Waals surface area (Å²) in [4.78, 5) is 0. The van der Waals surface area contributed by atoms with Gasteiger partial charge in [-0.05, 0) is 0 Å². The van der Waals surface area contributed by atoms with Crippen LogP contribution < -0.4 is 0 Å². The molecule has 0 aromatic carbocycles. The fraction of sp³-hybridized carbons (Fsp3) is 0.600. The maximum Gasteiger partial charge on any atom is 5.00 e. The first-order chi connectivity index (χ1) is 5.41. The molecule has 0 aliphatic carbocycles. The third-order valence-electron chi connectivity index (χ3n) is 0. The molecule has 13 heavy (non-hydrogen) atoms. The molecule has 0 spiro atoms. The fourth-order valence-corrected chi connectivity index (χ4v) is 0. The molecule has 0 saturated carbocycles. The van der Waals surface area contributed by atoms with Crippen LogP contribution in [0.4, 0.5) is 0 Å². The first kappa shape index (κ1) is 49.4. The van der Waals surface area contributed by atoms with Crippen molar-refractivity contribution < 1.29 is 33.0 Å². The van der Waals surface area contributed by atoms with Crippen molar-refractivity contribution in [3.8, 4) is 0 Å². The van der Waals surface area contributed by atoms with E-state index in [9.17, 15) is 0 Å². The van der Waals surface area contributed by atoms with E-state index in [4.69, 9.17) is 5.11 Å². The molecule has 84 valence electrons. The van der Waals surface area contributed by atoms with Gasteiger partial charge in [-0.25, -0.2) is 0 Å². The van der Waals surface area contributed by atoms with Crippen LogP contribution in [-0.2, 0) is 27.9 Å². The molecule has 0 fully saturated rings. The summed E-state index contributed by atoms with van der Waals surface area (Å²) in [5, 5.41) is 6.21. The molecule has 2 N–H and O–H groups in total. The van der Waals surface area contributed by atoms with Gasteiger partial charge in [-0.3, -0.25) is 0 Å². The second-order valence-corrected chi connectivity index (χ2v) is 0.354. The quantitative estimate of drug-likeness (QED) is 0.471. The summed E-state index contributed by atoms with van der Waals surface area (Å²) in [7, 11) is 0. The van der Waals surface area contributed by atoms with Gasteiger partial charge in [-0.1, -0.05) is 0 Å². The predicted molar refractivity (Wildman–Crippen MR) is 59.0 cm³/mol. The monoisotopic (exact) mass is 360 g/mol. The van der Waals surface area contributed by atoms with Gasteiger partial charge < -0.3 is 38.3 Å². The minimum Gasteiger partial charge on any atom is -2.00 e. The van der Waals surface area contributed by atoms with Gasteiger partial charge in [0.15, 0.2) is 0 Å². The Labute approximate surface area is 102 Å². The van der Waals surface area contributed by atoms with Crippen molar-refractivity contribution in [2.24, 2.45) is 0 Å². The van der Waals surface area contributed by atoms with Crippen LogP contribution in [-0.4, -0.2) is 11.7 Å². The summed E-state index contributed by atoms with van der Waals surface area (Å²) in [6.45, 7) is 22.3. The van der Waals surface area contributed by atoms with Crippen LogP contribution in [0, 0.1) is 27.7 Å². The summed E-state index contributed by atoms with van der Waals surface area (Å²) in [6, 6.07) is 0. The molecule has 0 aliphatic heterocycles. The average Bonchev–Trinajstić information content (AvgIpc) is 2.18. The van der Waals surface area contributed by atoms with Crippen LogP contribution in [0.2, 0.25) is 0 Å². The summed E-state index contributed by atoms with van der Waals surface area (Å²) >= 11 is 0. The van der Waals surface area contributed by atoms with E-state index in [1.54, 1.807) is 34.6 Å². The van der Waals surface area contributed by atoms with Crippen LogP contribution in [0.1, 0.15) is 34.6 Å². The van der Waals surface area contributed by atoms with Gasteiger partial charge in [0.1, 0.15) is 6.61 Å². The van der Waals surface area contributed by atoms with Gasteiger partial charge in [-0.2, -0.15) is 27.7 Å². The summed E-state index contributed by atoms with van der Waals surface area (Å²) in [5.41, 5.74) is 0. The number of rotatable bonds is 0. The molecule has 0 aromatic heterocycles. The molecule has 0 unspecified atom stereocenters. The summed E-state index contributed by atoms with van der Waals surface area (Å²) in [6.07, 6.45) is 0. The SMILES string of the molecule is CC[OH2+].[CH2-]C.[CH2-]C.[CH2-]C.[CH2-]C.[O-2].[Ta+5]. The molecule has 0 radical (unpaired) electrons. The van der Waals surface area contributed by atoms with Gasteiger partial charge in [-0.15, -0.1) is 0 Å². The van der Waals surface area contributed by atoms with E-state index in [1.807, 2.05) is 0 Å². The van der Waals surface area contributed by atoms with Gasteiger partial charge >= 0.3 is 22.4 Å². The van der Waals surface area contributed by atoms with E-state index in [0.29, 0.717) is 6.61 Å². The molecule has 0 aromatic rings. The second-order valence-electron chi connectivity index (χ2n) is 0.354. The maximum atomic E-state index is 6.21. The van der Waals surface area contributed by atoms with Crippen LogP contribution >= 0.6 is 0 Å². The summed E-state index contributed by atoms with van der Waals surface area (Å²) in [5.74, 6) is 0. The maximum absolute atomic E-state index is 6.21. The molecule has 0 aliphatic rings. The molecular weight excluding hydrogens is 333 g/mol. The number of hydrogen-bond acceptors (Lipinski definition) is 0. The molecule has 0 amide bonds. The zero-order chi connectivity index (χ0) is 10.7. The van der Waals surface area contributed by atoms with Gasteiger partial charge in [0.25, 0.3) is 0 Å². The molecule has 0 atom stereocenters. The Hall–Kier alpha value is 0.660. The Balaban J connectivity index is -0.00000000676. The van der Waals surface area contributed by atoms with Gasteiger partial charge in [0.05, 0.1) is 0 Å². The first-order valence-corrected chi connectivity index (χ1v) is 3.89. The normalized spacial score (nSPS) is 3.23. The Kier molecular flexibility index (Phi) is 2370. The summed E-state index contributed by atoms with van der Waals surface area (Å²) < 4.78 is 0. The van der Waals surface area contributed by atoms with Crippen molar-refractivity contribution in [1.29, 1.82) is 0 Å². The average molecular weight is 360 g/mol. The van der Waals surface area contributed by atoms with E-state index >= 15 is 0 Å². The van der Waals surface area contributed by atoms with Crippen molar-refractivity contribution in [3.05, 3.63) is 27.7 Å². The van der Waals surface area contributed by atoms with E-state index in [-0.39, 0.29) is 27.9 Å². The Morgan fingerprint density at radius 3 is 0.769 bits per heavy atom. The third-order valence-corrected chi connectivity index (χ3v) is 0. The minimum atomic E-state index is 0.